The molecular formula is C72H54N4. The third-order valence-corrected chi connectivity index (χ3v) is 13.7. The molecule has 12 aromatic carbocycles. The second kappa shape index (κ2) is 21.9. The highest BCUT2D eigenvalue weighted by Gasteiger charge is 2.22. The molecule has 0 unspecified atom stereocenters. The van der Waals surface area contributed by atoms with Crippen molar-refractivity contribution in [3.05, 3.63) is 328 Å². The first-order valence-corrected chi connectivity index (χ1v) is 25.8. The third-order valence-electron chi connectivity index (χ3n) is 13.7. The van der Waals surface area contributed by atoms with Gasteiger partial charge in [0.25, 0.3) is 0 Å². The van der Waals surface area contributed by atoms with Crippen molar-refractivity contribution in [2.45, 2.75) is 0 Å². The number of benzene rings is 12. The second-order valence-electron chi connectivity index (χ2n) is 18.7. The van der Waals surface area contributed by atoms with Crippen LogP contribution in [0.5, 0.6) is 0 Å². The minimum absolute atomic E-state index is 1.06. The first-order chi connectivity index (χ1) is 37.7. The molecule has 0 bridgehead atoms. The van der Waals surface area contributed by atoms with Gasteiger partial charge in [-0.05, 0) is 167 Å². The molecule has 12 aromatic rings. The van der Waals surface area contributed by atoms with E-state index < -0.39 is 0 Å². The van der Waals surface area contributed by atoms with Crippen LogP contribution in [0.3, 0.4) is 0 Å². The predicted octanol–water partition coefficient (Wildman–Crippen LogP) is 20.6. The lowest BCUT2D eigenvalue weighted by Crippen LogP contribution is -2.13. The number of para-hydroxylation sites is 8. The van der Waals surface area contributed by atoms with Crippen LogP contribution in [-0.4, -0.2) is 0 Å². The summed E-state index contributed by atoms with van der Waals surface area (Å²) >= 11 is 0. The van der Waals surface area contributed by atoms with E-state index in [1.807, 2.05) is 0 Å². The van der Waals surface area contributed by atoms with Crippen molar-refractivity contribution in [3.63, 3.8) is 0 Å². The van der Waals surface area contributed by atoms with Crippen molar-refractivity contribution < 1.29 is 0 Å². The maximum absolute atomic E-state index is 2.34. The Labute approximate surface area is 446 Å². The van der Waals surface area contributed by atoms with Crippen LogP contribution >= 0.6 is 0 Å². The van der Waals surface area contributed by atoms with Crippen LogP contribution in [0, 0.1) is 0 Å². The maximum atomic E-state index is 2.34. The van der Waals surface area contributed by atoms with Gasteiger partial charge in [-0.3, -0.25) is 0 Å². The van der Waals surface area contributed by atoms with Crippen LogP contribution in [0.15, 0.2) is 328 Å². The summed E-state index contributed by atoms with van der Waals surface area (Å²) in [5.74, 6) is 0. The van der Waals surface area contributed by atoms with Crippen molar-refractivity contribution in [3.8, 4) is 33.4 Å². The number of rotatable bonds is 15. The Balaban J connectivity index is 0.943. The minimum Gasteiger partial charge on any atom is -0.310 e. The van der Waals surface area contributed by atoms with Gasteiger partial charge in [-0.1, -0.05) is 194 Å². The number of nitrogens with zero attached hydrogens (tertiary/aromatic N) is 4. The van der Waals surface area contributed by atoms with E-state index in [1.54, 1.807) is 0 Å². The summed E-state index contributed by atoms with van der Waals surface area (Å²) in [5.41, 5.74) is 19.6. The lowest BCUT2D eigenvalue weighted by atomic mass is 9.96. The van der Waals surface area contributed by atoms with Gasteiger partial charge in [0.2, 0.25) is 0 Å². The number of anilines is 12. The molecule has 76 heavy (non-hydrogen) atoms. The molecule has 0 amide bonds. The highest BCUT2D eigenvalue weighted by Crippen LogP contribution is 2.45. The molecule has 0 radical (unpaired) electrons. The maximum Gasteiger partial charge on any atom is 0.0488 e. The first-order valence-electron chi connectivity index (χ1n) is 25.8. The molecule has 12 rings (SSSR count). The summed E-state index contributed by atoms with van der Waals surface area (Å²) < 4.78 is 0. The summed E-state index contributed by atoms with van der Waals surface area (Å²) in [7, 11) is 0. The molecule has 0 aliphatic carbocycles. The lowest BCUT2D eigenvalue weighted by molar-refractivity contribution is 1.25. The van der Waals surface area contributed by atoms with Gasteiger partial charge in [0, 0.05) is 68.2 Å². The van der Waals surface area contributed by atoms with Crippen LogP contribution in [0.2, 0.25) is 0 Å². The van der Waals surface area contributed by atoms with Crippen molar-refractivity contribution >= 4 is 68.2 Å². The van der Waals surface area contributed by atoms with Crippen LogP contribution in [0.4, 0.5) is 68.2 Å². The zero-order valence-corrected chi connectivity index (χ0v) is 42.0. The molecule has 0 N–H and O–H groups in total. The third kappa shape index (κ3) is 10.1. The van der Waals surface area contributed by atoms with Gasteiger partial charge in [-0.25, -0.2) is 0 Å². The quantitative estimate of drug-likeness (QED) is 0.101. The Morgan fingerprint density at radius 3 is 0.421 bits per heavy atom. The van der Waals surface area contributed by atoms with E-state index in [0.717, 1.165) is 102 Å². The minimum atomic E-state index is 1.06. The molecule has 0 saturated carbocycles. The molecule has 0 aromatic heterocycles. The fraction of sp³-hybridized carbons (Fsp3) is 0. The Morgan fingerprint density at radius 1 is 0.118 bits per heavy atom. The van der Waals surface area contributed by atoms with Gasteiger partial charge in [0.15, 0.2) is 0 Å². The summed E-state index contributed by atoms with van der Waals surface area (Å²) in [6.45, 7) is 0. The Morgan fingerprint density at radius 2 is 0.263 bits per heavy atom. The molecule has 4 heteroatoms. The highest BCUT2D eigenvalue weighted by atomic mass is 15.2. The summed E-state index contributed by atoms with van der Waals surface area (Å²) in [5, 5.41) is 0. The van der Waals surface area contributed by atoms with Gasteiger partial charge < -0.3 is 19.6 Å². The topological polar surface area (TPSA) is 13.0 Å². The Bertz CT molecular complexity index is 3150. The van der Waals surface area contributed by atoms with Gasteiger partial charge in [0.1, 0.15) is 0 Å². The van der Waals surface area contributed by atoms with Crippen molar-refractivity contribution in [1.82, 2.24) is 0 Å². The molecule has 0 fully saturated rings. The summed E-state index contributed by atoms with van der Waals surface area (Å²) in [6.07, 6.45) is 0. The monoisotopic (exact) mass is 974 g/mol. The smallest absolute Gasteiger partial charge is 0.0488 e. The fourth-order valence-corrected chi connectivity index (χ4v) is 10.2. The fourth-order valence-electron chi connectivity index (χ4n) is 10.2. The predicted molar refractivity (Wildman–Crippen MR) is 321 cm³/mol. The molecule has 0 aliphatic heterocycles. The largest absolute Gasteiger partial charge is 0.310 e. The molecule has 4 nitrogen and oxygen atoms in total. The lowest BCUT2D eigenvalue weighted by Gasteiger charge is -2.30. The SMILES string of the molecule is c1ccc(N(c2ccccc2)c2cc(-c3ccc(-c4ccc(-c5cc(N(c6ccccc6)c6ccccc6)cc(N(c6ccccc6)c6ccccc6)c5)cc4)cc3)cc(N(c3ccccc3)c3ccccc3)c2)cc1. The van der Waals surface area contributed by atoms with E-state index in [1.165, 1.54) is 0 Å². The molecule has 0 spiro atoms. The average Bonchev–Trinajstić information content (AvgIpc) is 3.51. The van der Waals surface area contributed by atoms with Gasteiger partial charge in [0.05, 0.1) is 0 Å². The van der Waals surface area contributed by atoms with E-state index in [2.05, 4.69) is 347 Å². The summed E-state index contributed by atoms with van der Waals surface area (Å²) in [6, 6.07) is 117. The van der Waals surface area contributed by atoms with Crippen LogP contribution < -0.4 is 19.6 Å². The molecular weight excluding hydrogens is 921 g/mol. The normalized spacial score (nSPS) is 10.9. The molecule has 0 aliphatic rings. The van der Waals surface area contributed by atoms with Crippen molar-refractivity contribution in [1.29, 1.82) is 0 Å². The van der Waals surface area contributed by atoms with E-state index in [4.69, 9.17) is 0 Å². The zero-order valence-electron chi connectivity index (χ0n) is 42.0. The molecule has 0 saturated heterocycles. The standard InChI is InChI=1S/C72H54N4/c1-9-25-61(26-10-1)73(62-27-11-2-12-28-62)69-49-59(50-70(53-69)74(63-29-13-3-14-30-63)64-31-15-4-16-32-64)57-45-41-55(42-46-57)56-43-47-58(48-44-56)60-51-71(75(65-33-17-5-18-34-65)66-35-19-6-20-36-66)54-72(52-60)76(67-37-21-7-22-38-67)68-39-23-8-24-40-68/h1-54H. The van der Waals surface area contributed by atoms with Gasteiger partial charge in [-0.15, -0.1) is 0 Å². The Hall–Kier alpha value is -10.2. The van der Waals surface area contributed by atoms with E-state index in [9.17, 15) is 0 Å². The van der Waals surface area contributed by atoms with E-state index in [-0.39, 0.29) is 0 Å². The Kier molecular flexibility index (Phi) is 13.5. The molecule has 0 atom stereocenters. The van der Waals surface area contributed by atoms with Crippen LogP contribution in [0.1, 0.15) is 0 Å². The van der Waals surface area contributed by atoms with Gasteiger partial charge in [-0.2, -0.15) is 0 Å². The van der Waals surface area contributed by atoms with Crippen LogP contribution in [0.25, 0.3) is 33.4 Å². The van der Waals surface area contributed by atoms with E-state index >= 15 is 0 Å². The first kappa shape index (κ1) is 46.9. The number of hydrogen-bond acceptors (Lipinski definition) is 4. The van der Waals surface area contributed by atoms with Crippen LogP contribution in [-0.2, 0) is 0 Å². The summed E-state index contributed by atoms with van der Waals surface area (Å²) in [4.78, 5) is 9.38. The second-order valence-corrected chi connectivity index (χ2v) is 18.7. The van der Waals surface area contributed by atoms with Crippen molar-refractivity contribution in [2.24, 2.45) is 0 Å². The molecule has 362 valence electrons. The number of hydrogen-bond donors (Lipinski definition) is 0. The van der Waals surface area contributed by atoms with Gasteiger partial charge >= 0.3 is 0 Å². The van der Waals surface area contributed by atoms with E-state index in [0.29, 0.717) is 0 Å². The molecule has 0 heterocycles. The average molecular weight is 975 g/mol. The van der Waals surface area contributed by atoms with Crippen molar-refractivity contribution in [2.75, 3.05) is 19.6 Å². The highest BCUT2D eigenvalue weighted by molar-refractivity contribution is 5.90. The zero-order chi connectivity index (χ0) is 50.9.